The summed E-state index contributed by atoms with van der Waals surface area (Å²) in [4.78, 5) is 6.95. The van der Waals surface area contributed by atoms with E-state index in [-0.39, 0.29) is 17.0 Å². The molecule has 0 atom stereocenters. The topological polar surface area (TPSA) is 69.5 Å². The Balaban J connectivity index is 0.00000256. The number of rotatable bonds is 7. The number of likely N-dealkylation sites (N-methyl/N-ethyl adjacent to an activating group) is 2. The number of nitrogens with zero attached hydrogens (tertiary/aromatic N) is 6. The lowest BCUT2D eigenvalue weighted by molar-refractivity contribution is -0.868. The van der Waals surface area contributed by atoms with Gasteiger partial charge in [0.15, 0.2) is 0 Å². The first-order chi connectivity index (χ1) is 13.9. The first-order valence-electron chi connectivity index (χ1n) is 9.72. The van der Waals surface area contributed by atoms with Crippen molar-refractivity contribution in [3.8, 4) is 0 Å². The Kier molecular flexibility index (Phi) is 6.84. The number of benzene rings is 2. The summed E-state index contributed by atoms with van der Waals surface area (Å²) in [7, 11) is 6.66. The van der Waals surface area contributed by atoms with E-state index >= 15 is 0 Å². The summed E-state index contributed by atoms with van der Waals surface area (Å²) in [5, 5.41) is 17.5. The predicted molar refractivity (Wildman–Crippen MR) is 121 cm³/mol. The molecule has 0 aliphatic heterocycles. The zero-order valence-electron chi connectivity index (χ0n) is 17.6. The van der Waals surface area contributed by atoms with Gasteiger partial charge in [-0.05, 0) is 43.3 Å². The Morgan fingerprint density at radius 1 is 1.10 bits per heavy atom. The molecule has 7 nitrogen and oxygen atoms in total. The molecule has 0 unspecified atom stereocenters. The molecular formula is C21H26BrN7S. The van der Waals surface area contributed by atoms with Crippen LogP contribution in [0.1, 0.15) is 6.92 Å². The quantitative estimate of drug-likeness (QED) is 0.320. The number of aromatic nitrogens is 3. The molecule has 4 aromatic rings. The molecule has 0 spiro atoms. The average molecular weight is 488 g/mol. The van der Waals surface area contributed by atoms with Crippen molar-refractivity contribution in [1.82, 2.24) is 15.2 Å². The van der Waals surface area contributed by atoms with Crippen LogP contribution in [0.2, 0.25) is 0 Å². The minimum atomic E-state index is 0. The maximum Gasteiger partial charge on any atom is 0.231 e. The van der Waals surface area contributed by atoms with E-state index in [2.05, 4.69) is 76.6 Å². The van der Waals surface area contributed by atoms with Gasteiger partial charge >= 0.3 is 0 Å². The van der Waals surface area contributed by atoms with Gasteiger partial charge in [-0.25, -0.2) is 4.98 Å². The van der Waals surface area contributed by atoms with Gasteiger partial charge in [0.1, 0.15) is 0 Å². The van der Waals surface area contributed by atoms with Gasteiger partial charge in [-0.15, -0.1) is 10.2 Å². The molecule has 0 fully saturated rings. The number of halogens is 1. The maximum atomic E-state index is 4.56. The molecule has 0 saturated heterocycles. The molecule has 0 saturated carbocycles. The molecular weight excluding hydrogens is 462 g/mol. The summed E-state index contributed by atoms with van der Waals surface area (Å²) in [5.74, 6) is 0. The Hall–Kier alpha value is -2.36. The lowest BCUT2D eigenvalue weighted by Crippen LogP contribution is -3.00. The Morgan fingerprint density at radius 2 is 1.87 bits per heavy atom. The first-order valence-corrected chi connectivity index (χ1v) is 10.5. The van der Waals surface area contributed by atoms with Crippen molar-refractivity contribution in [2.24, 2.45) is 10.2 Å². The fourth-order valence-electron chi connectivity index (χ4n) is 3.12. The van der Waals surface area contributed by atoms with Crippen LogP contribution in [-0.4, -0.2) is 60.4 Å². The second kappa shape index (κ2) is 9.20. The van der Waals surface area contributed by atoms with E-state index in [1.807, 2.05) is 24.4 Å². The zero-order valence-corrected chi connectivity index (χ0v) is 20.0. The maximum absolute atomic E-state index is 4.56. The molecule has 0 aliphatic carbocycles. The van der Waals surface area contributed by atoms with Gasteiger partial charge in [-0.1, -0.05) is 11.3 Å². The van der Waals surface area contributed by atoms with Gasteiger partial charge in [0, 0.05) is 17.6 Å². The third-order valence-corrected chi connectivity index (χ3v) is 5.73. The highest BCUT2D eigenvalue weighted by Crippen LogP contribution is 2.32. The van der Waals surface area contributed by atoms with Crippen molar-refractivity contribution in [3.63, 3.8) is 0 Å². The van der Waals surface area contributed by atoms with Gasteiger partial charge in [0.2, 0.25) is 5.13 Å². The second-order valence-corrected chi connectivity index (χ2v) is 9.09. The van der Waals surface area contributed by atoms with Gasteiger partial charge < -0.3 is 26.4 Å². The fourth-order valence-corrected chi connectivity index (χ4v) is 3.93. The standard InChI is InChI=1S/C21H26N7S.BrH/c1-5-27(10-11-28(2,3)4)17-8-6-16(7-9-17)24-26-21-23-19-13-18-15(14-22-25-18)12-20(19)29-21;/h6-9,12-14H,5,10-11H2,1-4H3,(H,22,25);1H/q+1;/p-1/b26-24+;. The summed E-state index contributed by atoms with van der Waals surface area (Å²) in [6.45, 7) is 5.29. The normalized spacial score (nSPS) is 12.0. The number of aromatic amines is 1. The molecule has 9 heteroatoms. The number of anilines is 1. The Bertz CT molecular complexity index is 1090. The Morgan fingerprint density at radius 3 is 2.57 bits per heavy atom. The molecule has 2 aromatic heterocycles. The van der Waals surface area contributed by atoms with Crippen LogP contribution in [0.5, 0.6) is 0 Å². The van der Waals surface area contributed by atoms with E-state index in [0.717, 1.165) is 50.9 Å². The highest BCUT2D eigenvalue weighted by Gasteiger charge is 2.11. The fraction of sp³-hybridized carbons (Fsp3) is 0.333. The van der Waals surface area contributed by atoms with Gasteiger partial charge in [-0.3, -0.25) is 5.10 Å². The molecule has 30 heavy (non-hydrogen) atoms. The number of quaternary nitrogens is 1. The molecule has 0 bridgehead atoms. The van der Waals surface area contributed by atoms with Crippen LogP contribution < -0.4 is 21.9 Å². The van der Waals surface area contributed by atoms with Gasteiger partial charge in [0.05, 0.1) is 61.9 Å². The number of thiazole rings is 1. The lowest BCUT2D eigenvalue weighted by Gasteiger charge is -2.29. The summed E-state index contributed by atoms with van der Waals surface area (Å²) >= 11 is 1.53. The van der Waals surface area contributed by atoms with Crippen LogP contribution in [0.3, 0.4) is 0 Å². The summed E-state index contributed by atoms with van der Waals surface area (Å²) in [6.07, 6.45) is 1.82. The van der Waals surface area contributed by atoms with Crippen LogP contribution in [0.25, 0.3) is 21.1 Å². The molecule has 0 aliphatic rings. The number of azo groups is 1. The van der Waals surface area contributed by atoms with Crippen molar-refractivity contribution in [3.05, 3.63) is 42.6 Å². The molecule has 1 N–H and O–H groups in total. The molecule has 158 valence electrons. The molecule has 2 aromatic carbocycles. The van der Waals surface area contributed by atoms with Crippen LogP contribution in [0.15, 0.2) is 52.8 Å². The van der Waals surface area contributed by atoms with E-state index in [1.54, 1.807) is 0 Å². The third kappa shape index (κ3) is 5.21. The monoisotopic (exact) mass is 487 g/mol. The van der Waals surface area contributed by atoms with Gasteiger partial charge in [0.25, 0.3) is 0 Å². The number of fused-ring (bicyclic) bond motifs is 2. The van der Waals surface area contributed by atoms with E-state index in [4.69, 9.17) is 0 Å². The van der Waals surface area contributed by atoms with Crippen molar-refractivity contribution in [2.45, 2.75) is 6.92 Å². The Labute approximate surface area is 190 Å². The predicted octanol–water partition coefficient (Wildman–Crippen LogP) is 2.12. The van der Waals surface area contributed by atoms with E-state index in [1.165, 1.54) is 17.0 Å². The third-order valence-electron chi connectivity index (χ3n) is 4.83. The van der Waals surface area contributed by atoms with E-state index < -0.39 is 0 Å². The van der Waals surface area contributed by atoms with Crippen molar-refractivity contribution in [1.29, 1.82) is 0 Å². The molecule has 0 amide bonds. The van der Waals surface area contributed by atoms with Crippen molar-refractivity contribution >= 4 is 49.0 Å². The van der Waals surface area contributed by atoms with E-state index in [0.29, 0.717) is 5.13 Å². The molecule has 2 heterocycles. The largest absolute Gasteiger partial charge is 1.00 e. The van der Waals surface area contributed by atoms with Crippen LogP contribution >= 0.6 is 11.3 Å². The first kappa shape index (κ1) is 22.3. The highest BCUT2D eigenvalue weighted by atomic mass is 79.9. The second-order valence-electron chi connectivity index (χ2n) is 8.08. The zero-order chi connectivity index (χ0) is 20.4. The van der Waals surface area contributed by atoms with Crippen LogP contribution in [0, 0.1) is 0 Å². The summed E-state index contributed by atoms with van der Waals surface area (Å²) < 4.78 is 2.04. The molecule has 0 radical (unpaired) electrons. The number of H-pyrrole nitrogens is 1. The number of hydrogen-bond acceptors (Lipinski definition) is 6. The van der Waals surface area contributed by atoms with E-state index in [9.17, 15) is 0 Å². The average Bonchev–Trinajstić information content (AvgIpc) is 3.30. The van der Waals surface area contributed by atoms with Gasteiger partial charge in [-0.2, -0.15) is 5.10 Å². The lowest BCUT2D eigenvalue weighted by atomic mass is 10.2. The summed E-state index contributed by atoms with van der Waals surface area (Å²) in [6, 6.07) is 12.3. The minimum absolute atomic E-state index is 0. The highest BCUT2D eigenvalue weighted by molar-refractivity contribution is 7.22. The summed E-state index contributed by atoms with van der Waals surface area (Å²) in [5.41, 5.74) is 3.93. The number of nitrogens with one attached hydrogen (secondary N) is 1. The molecule has 4 rings (SSSR count). The van der Waals surface area contributed by atoms with Crippen molar-refractivity contribution < 1.29 is 21.5 Å². The van der Waals surface area contributed by atoms with Crippen LogP contribution in [-0.2, 0) is 0 Å². The van der Waals surface area contributed by atoms with Crippen LogP contribution in [0.4, 0.5) is 16.5 Å². The number of hydrogen-bond donors (Lipinski definition) is 1. The minimum Gasteiger partial charge on any atom is -1.00 e. The smallest absolute Gasteiger partial charge is 0.231 e. The SMILES string of the molecule is CCN(CC[N+](C)(C)C)c1ccc(/N=N/c2nc3cc4[nH]ncc4cc3s2)cc1.[Br-]. The van der Waals surface area contributed by atoms with Crippen molar-refractivity contribution in [2.75, 3.05) is 45.7 Å².